The number of furan rings is 1. The predicted molar refractivity (Wildman–Crippen MR) is 88.0 cm³/mol. The third-order valence-electron chi connectivity index (χ3n) is 2.84. The molecule has 112 valence electrons. The molecular formula is C15H16BrNO3S. The molecule has 2 aromatic rings. The minimum atomic E-state index is -0.596. The van der Waals surface area contributed by atoms with Crippen LogP contribution in [0, 0.1) is 0 Å². The third-order valence-corrected chi connectivity index (χ3v) is 4.45. The van der Waals surface area contributed by atoms with Gasteiger partial charge in [0.2, 0.25) is 0 Å². The van der Waals surface area contributed by atoms with E-state index in [2.05, 4.69) is 20.7 Å². The molecule has 21 heavy (non-hydrogen) atoms. The first-order chi connectivity index (χ1) is 10.1. The first kappa shape index (κ1) is 16.1. The lowest BCUT2D eigenvalue weighted by atomic mass is 10.2. The number of esters is 1. The van der Waals surface area contributed by atoms with E-state index in [1.807, 2.05) is 36.4 Å². The highest BCUT2D eigenvalue weighted by atomic mass is 79.9. The van der Waals surface area contributed by atoms with Crippen LogP contribution in [0.25, 0.3) is 11.3 Å². The number of nitrogens with two attached hydrogens (primary N) is 1. The number of methoxy groups -OCH3 is 1. The van der Waals surface area contributed by atoms with Gasteiger partial charge in [0, 0.05) is 15.8 Å². The summed E-state index contributed by atoms with van der Waals surface area (Å²) in [5, 5.41) is 0. The highest BCUT2D eigenvalue weighted by Gasteiger charge is 2.14. The molecule has 0 saturated carbocycles. The summed E-state index contributed by atoms with van der Waals surface area (Å²) in [5.74, 6) is 2.46. The zero-order chi connectivity index (χ0) is 15.2. The van der Waals surface area contributed by atoms with Gasteiger partial charge in [0.1, 0.15) is 17.6 Å². The molecule has 0 saturated heterocycles. The van der Waals surface area contributed by atoms with Crippen molar-refractivity contribution in [1.29, 1.82) is 0 Å². The van der Waals surface area contributed by atoms with Crippen molar-refractivity contribution in [2.45, 2.75) is 11.8 Å². The van der Waals surface area contributed by atoms with Gasteiger partial charge in [-0.1, -0.05) is 28.1 Å². The summed E-state index contributed by atoms with van der Waals surface area (Å²) in [5.41, 5.74) is 6.70. The molecule has 1 aromatic carbocycles. The van der Waals surface area contributed by atoms with Gasteiger partial charge in [0.05, 0.1) is 12.9 Å². The fourth-order valence-corrected chi connectivity index (χ4v) is 2.86. The maximum absolute atomic E-state index is 11.2. The Balaban J connectivity index is 1.89. The quantitative estimate of drug-likeness (QED) is 0.789. The summed E-state index contributed by atoms with van der Waals surface area (Å²) in [7, 11) is 1.34. The zero-order valence-corrected chi connectivity index (χ0v) is 13.9. The van der Waals surface area contributed by atoms with Crippen LogP contribution in [-0.2, 0) is 15.3 Å². The van der Waals surface area contributed by atoms with Gasteiger partial charge < -0.3 is 14.9 Å². The van der Waals surface area contributed by atoms with Crippen molar-refractivity contribution in [1.82, 2.24) is 0 Å². The van der Waals surface area contributed by atoms with Crippen LogP contribution in [0.1, 0.15) is 5.76 Å². The molecule has 1 heterocycles. The maximum Gasteiger partial charge on any atom is 0.323 e. The number of ether oxygens (including phenoxy) is 1. The average molecular weight is 370 g/mol. The van der Waals surface area contributed by atoms with E-state index in [9.17, 15) is 4.79 Å². The van der Waals surface area contributed by atoms with E-state index in [0.29, 0.717) is 11.5 Å². The highest BCUT2D eigenvalue weighted by Crippen LogP contribution is 2.25. The molecule has 6 heteroatoms. The molecule has 2 rings (SSSR count). The van der Waals surface area contributed by atoms with E-state index in [-0.39, 0.29) is 0 Å². The van der Waals surface area contributed by atoms with E-state index in [0.717, 1.165) is 21.6 Å². The second kappa shape index (κ2) is 7.68. The number of hydrogen-bond acceptors (Lipinski definition) is 5. The highest BCUT2D eigenvalue weighted by molar-refractivity contribution is 9.10. The van der Waals surface area contributed by atoms with Crippen LogP contribution in [0.4, 0.5) is 0 Å². The lowest BCUT2D eigenvalue weighted by molar-refractivity contribution is -0.141. The van der Waals surface area contributed by atoms with Gasteiger partial charge in [0.15, 0.2) is 0 Å². The molecule has 0 bridgehead atoms. The Labute approximate surface area is 136 Å². The van der Waals surface area contributed by atoms with Crippen LogP contribution in [0.5, 0.6) is 0 Å². The van der Waals surface area contributed by atoms with E-state index in [4.69, 9.17) is 10.2 Å². The SMILES string of the molecule is COC(=O)C(N)CSCc1ccc(-c2ccc(Br)cc2)o1. The minimum Gasteiger partial charge on any atom is -0.468 e. The van der Waals surface area contributed by atoms with Crippen molar-refractivity contribution in [3.8, 4) is 11.3 Å². The normalized spacial score (nSPS) is 12.1. The zero-order valence-electron chi connectivity index (χ0n) is 11.5. The second-order valence-electron chi connectivity index (χ2n) is 4.42. The summed E-state index contributed by atoms with van der Waals surface area (Å²) in [6.45, 7) is 0. The number of benzene rings is 1. The third kappa shape index (κ3) is 4.62. The lowest BCUT2D eigenvalue weighted by Gasteiger charge is -2.07. The Kier molecular flexibility index (Phi) is 5.90. The van der Waals surface area contributed by atoms with Crippen molar-refractivity contribution < 1.29 is 13.9 Å². The Morgan fingerprint density at radius 1 is 1.33 bits per heavy atom. The van der Waals surface area contributed by atoms with Gasteiger partial charge in [0.25, 0.3) is 0 Å². The molecule has 1 atom stereocenters. The number of halogens is 1. The Morgan fingerprint density at radius 2 is 2.05 bits per heavy atom. The number of carbonyl (C=O) groups is 1. The van der Waals surface area contributed by atoms with Crippen LogP contribution in [0.15, 0.2) is 45.3 Å². The standard InChI is InChI=1S/C15H16BrNO3S/c1-19-15(18)13(17)9-21-8-12-6-7-14(20-12)10-2-4-11(16)5-3-10/h2-7,13H,8-9,17H2,1H3. The summed E-state index contributed by atoms with van der Waals surface area (Å²) >= 11 is 4.95. The van der Waals surface area contributed by atoms with Gasteiger partial charge in [-0.05, 0) is 24.3 Å². The van der Waals surface area contributed by atoms with E-state index in [1.165, 1.54) is 7.11 Å². The molecule has 0 aliphatic heterocycles. The molecule has 0 spiro atoms. The number of thioether (sulfide) groups is 1. The van der Waals surface area contributed by atoms with Gasteiger partial charge in [-0.3, -0.25) is 4.79 Å². The molecule has 4 nitrogen and oxygen atoms in total. The molecule has 0 amide bonds. The fraction of sp³-hybridized carbons (Fsp3) is 0.267. The van der Waals surface area contributed by atoms with Gasteiger partial charge in [-0.25, -0.2) is 0 Å². The largest absolute Gasteiger partial charge is 0.468 e. The van der Waals surface area contributed by atoms with Gasteiger partial charge in [-0.15, -0.1) is 0 Å². The first-order valence-electron chi connectivity index (χ1n) is 6.36. The maximum atomic E-state index is 11.2. The van der Waals surface area contributed by atoms with Gasteiger partial charge in [-0.2, -0.15) is 11.8 Å². The summed E-state index contributed by atoms with van der Waals surface area (Å²) in [6, 6.07) is 11.2. The fourth-order valence-electron chi connectivity index (χ4n) is 1.73. The van der Waals surface area contributed by atoms with Gasteiger partial charge >= 0.3 is 5.97 Å². The first-order valence-corrected chi connectivity index (χ1v) is 8.30. The van der Waals surface area contributed by atoms with Crippen molar-refractivity contribution in [3.05, 3.63) is 46.6 Å². The van der Waals surface area contributed by atoms with Crippen LogP contribution >= 0.6 is 27.7 Å². The molecule has 0 radical (unpaired) electrons. The van der Waals surface area contributed by atoms with Crippen molar-refractivity contribution in [2.75, 3.05) is 12.9 Å². The smallest absolute Gasteiger partial charge is 0.323 e. The predicted octanol–water partition coefficient (Wildman–Crippen LogP) is 3.44. The topological polar surface area (TPSA) is 65.5 Å². The van der Waals surface area contributed by atoms with E-state index >= 15 is 0 Å². The Hall–Kier alpha value is -1.24. The monoisotopic (exact) mass is 369 g/mol. The van der Waals surface area contributed by atoms with Crippen LogP contribution in [0.3, 0.4) is 0 Å². The molecular weight excluding hydrogens is 354 g/mol. The molecule has 0 fully saturated rings. The van der Waals surface area contributed by atoms with Crippen molar-refractivity contribution in [3.63, 3.8) is 0 Å². The minimum absolute atomic E-state index is 0.391. The summed E-state index contributed by atoms with van der Waals surface area (Å²) < 4.78 is 11.4. The number of carbonyl (C=O) groups excluding carboxylic acids is 1. The average Bonchev–Trinajstić information content (AvgIpc) is 2.95. The Bertz CT molecular complexity index is 597. The molecule has 0 aliphatic carbocycles. The lowest BCUT2D eigenvalue weighted by Crippen LogP contribution is -2.33. The summed E-state index contributed by atoms with van der Waals surface area (Å²) in [4.78, 5) is 11.2. The van der Waals surface area contributed by atoms with E-state index in [1.54, 1.807) is 11.8 Å². The van der Waals surface area contributed by atoms with E-state index < -0.39 is 12.0 Å². The summed E-state index contributed by atoms with van der Waals surface area (Å²) in [6.07, 6.45) is 0. The van der Waals surface area contributed by atoms with Crippen LogP contribution < -0.4 is 5.73 Å². The van der Waals surface area contributed by atoms with Crippen LogP contribution in [-0.4, -0.2) is 24.9 Å². The van der Waals surface area contributed by atoms with Crippen LogP contribution in [0.2, 0.25) is 0 Å². The molecule has 0 aliphatic rings. The molecule has 2 N–H and O–H groups in total. The van der Waals surface area contributed by atoms with Crippen molar-refractivity contribution in [2.24, 2.45) is 5.73 Å². The number of hydrogen-bond donors (Lipinski definition) is 1. The molecule has 1 unspecified atom stereocenters. The van der Waals surface area contributed by atoms with Crippen molar-refractivity contribution >= 4 is 33.7 Å². The molecule has 1 aromatic heterocycles. The Morgan fingerprint density at radius 3 is 2.71 bits per heavy atom. The second-order valence-corrected chi connectivity index (χ2v) is 6.36. The number of rotatable bonds is 6.